The van der Waals surface area contributed by atoms with Crippen LogP contribution >= 0.6 is 0 Å². The molecule has 0 saturated carbocycles. The molecule has 1 N–H and O–H groups in total. The van der Waals surface area contributed by atoms with Crippen LogP contribution in [0.15, 0.2) is 42.6 Å². The van der Waals surface area contributed by atoms with Gasteiger partial charge in [-0.05, 0) is 24.3 Å². The number of methoxy groups -OCH3 is 1. The summed E-state index contributed by atoms with van der Waals surface area (Å²) in [6.07, 6.45) is 1.64. The molecule has 0 bridgehead atoms. The lowest BCUT2D eigenvalue weighted by molar-refractivity contribution is 0.0937. The molecule has 1 aliphatic heterocycles. The van der Waals surface area contributed by atoms with Crippen LogP contribution in [0, 0.1) is 5.82 Å². The van der Waals surface area contributed by atoms with Crippen LogP contribution in [-0.2, 0) is 4.74 Å². The summed E-state index contributed by atoms with van der Waals surface area (Å²) in [5.41, 5.74) is 1.20. The molecule has 3 rings (SSSR count). The number of aromatic nitrogens is 1. The number of ether oxygens (including phenoxy) is 1. The number of hydrogen-bond donors (Lipinski definition) is 1. The molecule has 7 heteroatoms. The van der Waals surface area contributed by atoms with Gasteiger partial charge in [-0.2, -0.15) is 0 Å². The van der Waals surface area contributed by atoms with Crippen molar-refractivity contribution < 1.29 is 13.9 Å². The summed E-state index contributed by atoms with van der Waals surface area (Å²) < 4.78 is 18.9. The number of amides is 1. The number of pyridine rings is 1. The van der Waals surface area contributed by atoms with Gasteiger partial charge in [0.1, 0.15) is 11.6 Å². The van der Waals surface area contributed by atoms with Crippen LogP contribution in [0.25, 0.3) is 0 Å². The number of piperazine rings is 1. The fourth-order valence-electron chi connectivity index (χ4n) is 2.99. The molecule has 1 fully saturated rings. The van der Waals surface area contributed by atoms with Gasteiger partial charge in [0.25, 0.3) is 5.91 Å². The van der Waals surface area contributed by atoms with E-state index in [4.69, 9.17) is 4.74 Å². The average Bonchev–Trinajstić information content (AvgIpc) is 2.69. The number of rotatable bonds is 6. The summed E-state index contributed by atoms with van der Waals surface area (Å²) in [5.74, 6) is 0.419. The molecule has 0 radical (unpaired) electrons. The van der Waals surface area contributed by atoms with Crippen LogP contribution < -0.4 is 15.1 Å². The van der Waals surface area contributed by atoms with Crippen LogP contribution in [0.1, 0.15) is 10.4 Å². The Balaban J connectivity index is 1.62. The first-order valence-electron chi connectivity index (χ1n) is 8.66. The average molecular weight is 358 g/mol. The SMILES string of the molecule is COCCNC(=O)c1ccnc(N2CCN(c3ccccc3F)CC2)c1. The third kappa shape index (κ3) is 4.29. The van der Waals surface area contributed by atoms with Gasteiger partial charge < -0.3 is 19.9 Å². The lowest BCUT2D eigenvalue weighted by Gasteiger charge is -2.36. The van der Waals surface area contributed by atoms with Gasteiger partial charge in [0.15, 0.2) is 0 Å². The van der Waals surface area contributed by atoms with Crippen molar-refractivity contribution >= 4 is 17.4 Å². The molecule has 1 aromatic heterocycles. The summed E-state index contributed by atoms with van der Waals surface area (Å²) in [7, 11) is 1.59. The highest BCUT2D eigenvalue weighted by Gasteiger charge is 2.20. The Kier molecular flexibility index (Phi) is 6.01. The van der Waals surface area contributed by atoms with Crippen LogP contribution in [0.3, 0.4) is 0 Å². The maximum atomic E-state index is 13.9. The molecule has 138 valence electrons. The monoisotopic (exact) mass is 358 g/mol. The van der Waals surface area contributed by atoms with Crippen LogP contribution in [0.4, 0.5) is 15.9 Å². The number of benzene rings is 1. The molecular weight excluding hydrogens is 335 g/mol. The van der Waals surface area contributed by atoms with Crippen molar-refractivity contribution in [3.05, 3.63) is 54.0 Å². The minimum atomic E-state index is -0.200. The number of para-hydroxylation sites is 1. The predicted molar refractivity (Wildman–Crippen MR) is 99.3 cm³/mol. The molecular formula is C19H23FN4O2. The fourth-order valence-corrected chi connectivity index (χ4v) is 2.99. The van der Waals surface area contributed by atoms with E-state index in [0.29, 0.717) is 37.5 Å². The van der Waals surface area contributed by atoms with Gasteiger partial charge in [-0.1, -0.05) is 12.1 Å². The van der Waals surface area contributed by atoms with Crippen molar-refractivity contribution in [2.45, 2.75) is 0 Å². The van der Waals surface area contributed by atoms with E-state index < -0.39 is 0 Å². The van der Waals surface area contributed by atoms with E-state index in [-0.39, 0.29) is 11.7 Å². The summed E-state index contributed by atoms with van der Waals surface area (Å²) in [5, 5.41) is 2.80. The number of carbonyl (C=O) groups is 1. The maximum Gasteiger partial charge on any atom is 0.251 e. The van der Waals surface area contributed by atoms with Crippen LogP contribution in [0.5, 0.6) is 0 Å². The van der Waals surface area contributed by atoms with Gasteiger partial charge in [-0.25, -0.2) is 9.37 Å². The summed E-state index contributed by atoms with van der Waals surface area (Å²) in [6.45, 7) is 3.78. The number of carbonyl (C=O) groups excluding carboxylic acids is 1. The van der Waals surface area contributed by atoms with E-state index in [2.05, 4.69) is 15.2 Å². The van der Waals surface area contributed by atoms with Gasteiger partial charge in [-0.3, -0.25) is 4.79 Å². The molecule has 1 aliphatic rings. The Morgan fingerprint density at radius 2 is 1.92 bits per heavy atom. The normalized spacial score (nSPS) is 14.4. The molecule has 2 aromatic rings. The zero-order valence-electron chi connectivity index (χ0n) is 14.8. The lowest BCUT2D eigenvalue weighted by Crippen LogP contribution is -2.47. The van der Waals surface area contributed by atoms with E-state index in [1.165, 1.54) is 6.07 Å². The fraction of sp³-hybridized carbons (Fsp3) is 0.368. The van der Waals surface area contributed by atoms with Crippen molar-refractivity contribution in [1.82, 2.24) is 10.3 Å². The zero-order chi connectivity index (χ0) is 18.4. The standard InChI is InChI=1S/C19H23FN4O2/c1-26-13-8-22-19(25)15-6-7-21-18(14-15)24-11-9-23(10-12-24)17-5-3-2-4-16(17)20/h2-7,14H,8-13H2,1H3,(H,22,25). The first kappa shape index (κ1) is 18.1. The molecule has 6 nitrogen and oxygen atoms in total. The number of nitrogens with one attached hydrogen (secondary N) is 1. The molecule has 0 spiro atoms. The maximum absolute atomic E-state index is 13.9. The number of hydrogen-bond acceptors (Lipinski definition) is 5. The largest absolute Gasteiger partial charge is 0.383 e. The van der Waals surface area contributed by atoms with E-state index in [9.17, 15) is 9.18 Å². The Bertz CT molecular complexity index is 748. The van der Waals surface area contributed by atoms with Gasteiger partial charge in [-0.15, -0.1) is 0 Å². The van der Waals surface area contributed by atoms with Crippen LogP contribution in [-0.4, -0.2) is 57.3 Å². The molecule has 1 aromatic carbocycles. The first-order valence-corrected chi connectivity index (χ1v) is 8.66. The Hall–Kier alpha value is -2.67. The highest BCUT2D eigenvalue weighted by atomic mass is 19.1. The molecule has 26 heavy (non-hydrogen) atoms. The summed E-state index contributed by atoms with van der Waals surface area (Å²) >= 11 is 0. The molecule has 2 heterocycles. The smallest absolute Gasteiger partial charge is 0.251 e. The second kappa shape index (κ2) is 8.62. The summed E-state index contributed by atoms with van der Waals surface area (Å²) in [6, 6.07) is 10.3. The lowest BCUT2D eigenvalue weighted by atomic mass is 10.2. The van der Waals surface area contributed by atoms with Gasteiger partial charge >= 0.3 is 0 Å². The summed E-state index contributed by atoms with van der Waals surface area (Å²) in [4.78, 5) is 20.7. The third-order valence-corrected chi connectivity index (χ3v) is 4.40. The predicted octanol–water partition coefficient (Wildman–Crippen LogP) is 1.92. The minimum absolute atomic E-state index is 0.143. The van der Waals surface area contributed by atoms with Crippen molar-refractivity contribution in [2.75, 3.05) is 56.2 Å². The molecule has 0 atom stereocenters. The zero-order valence-corrected chi connectivity index (χ0v) is 14.8. The van der Waals surface area contributed by atoms with Gasteiger partial charge in [0.05, 0.1) is 12.3 Å². The van der Waals surface area contributed by atoms with Crippen molar-refractivity contribution in [3.63, 3.8) is 0 Å². The van der Waals surface area contributed by atoms with Crippen molar-refractivity contribution in [1.29, 1.82) is 0 Å². The second-order valence-electron chi connectivity index (χ2n) is 6.08. The van der Waals surface area contributed by atoms with Crippen LogP contribution in [0.2, 0.25) is 0 Å². The Morgan fingerprint density at radius 1 is 1.19 bits per heavy atom. The highest BCUT2D eigenvalue weighted by Crippen LogP contribution is 2.22. The second-order valence-corrected chi connectivity index (χ2v) is 6.08. The Morgan fingerprint density at radius 3 is 2.65 bits per heavy atom. The minimum Gasteiger partial charge on any atom is -0.383 e. The molecule has 0 aliphatic carbocycles. The molecule has 0 unspecified atom stereocenters. The molecule has 1 saturated heterocycles. The Labute approximate surface area is 152 Å². The van der Waals surface area contributed by atoms with Gasteiger partial charge in [0.2, 0.25) is 0 Å². The van der Waals surface area contributed by atoms with E-state index in [0.717, 1.165) is 18.9 Å². The number of nitrogens with zero attached hydrogens (tertiary/aromatic N) is 3. The van der Waals surface area contributed by atoms with E-state index >= 15 is 0 Å². The topological polar surface area (TPSA) is 57.7 Å². The van der Waals surface area contributed by atoms with E-state index in [1.54, 1.807) is 37.6 Å². The third-order valence-electron chi connectivity index (χ3n) is 4.40. The van der Waals surface area contributed by atoms with Gasteiger partial charge in [0, 0.05) is 51.6 Å². The van der Waals surface area contributed by atoms with Crippen molar-refractivity contribution in [2.24, 2.45) is 0 Å². The highest BCUT2D eigenvalue weighted by molar-refractivity contribution is 5.94. The van der Waals surface area contributed by atoms with E-state index in [1.807, 2.05) is 11.0 Å². The number of halogens is 1. The quantitative estimate of drug-likeness (QED) is 0.800. The number of anilines is 2. The first-order chi connectivity index (χ1) is 12.7. The van der Waals surface area contributed by atoms with Crippen molar-refractivity contribution in [3.8, 4) is 0 Å². The molecule has 1 amide bonds.